The number of benzene rings is 1. The third-order valence-corrected chi connectivity index (χ3v) is 3.60. The molecule has 1 aliphatic heterocycles. The maximum Gasteiger partial charge on any atom is 0.276 e. The number of carbonyl (C=O) groups excluding carboxylic acids is 1. The Labute approximate surface area is 134 Å². The number of nitrogens with zero attached hydrogens (tertiary/aromatic N) is 1. The zero-order valence-corrected chi connectivity index (χ0v) is 13.7. The third kappa shape index (κ3) is 2.85. The van der Waals surface area contributed by atoms with Crippen molar-refractivity contribution in [3.8, 4) is 17.2 Å². The van der Waals surface area contributed by atoms with Gasteiger partial charge in [0.05, 0.1) is 21.3 Å². The minimum absolute atomic E-state index is 0.152. The molecule has 6 nitrogen and oxygen atoms in total. The quantitative estimate of drug-likeness (QED) is 0.659. The number of nitrogens with one attached hydrogen (secondary N) is 1. The lowest BCUT2D eigenvalue weighted by molar-refractivity contribution is -0.122. The molecule has 0 aliphatic carbocycles. The predicted octanol–water partition coefficient (Wildman–Crippen LogP) is 1.79. The monoisotopic (exact) mass is 322 g/mol. The molecule has 0 aromatic heterocycles. The maximum atomic E-state index is 12.2. The van der Waals surface area contributed by atoms with Crippen LogP contribution in [0.25, 0.3) is 6.08 Å². The normalized spacial score (nSPS) is 16.0. The van der Waals surface area contributed by atoms with Crippen molar-refractivity contribution >= 4 is 29.3 Å². The number of rotatable bonds is 5. The highest BCUT2D eigenvalue weighted by Gasteiger charge is 2.29. The molecule has 22 heavy (non-hydrogen) atoms. The van der Waals surface area contributed by atoms with E-state index in [4.69, 9.17) is 26.4 Å². The van der Waals surface area contributed by atoms with Gasteiger partial charge in [-0.25, -0.2) is 0 Å². The Bertz CT molecular complexity index is 617. The number of thiocarbonyl (C=S) groups is 1. The lowest BCUT2D eigenvalue weighted by Crippen LogP contribution is -2.30. The number of likely N-dealkylation sites (N-methyl/N-ethyl adjacent to an activating group) is 1. The van der Waals surface area contributed by atoms with Crippen LogP contribution in [0.5, 0.6) is 17.2 Å². The molecular weight excluding hydrogens is 304 g/mol. The Hall–Kier alpha value is -2.28. The first-order valence-electron chi connectivity index (χ1n) is 6.70. The highest BCUT2D eigenvalue weighted by molar-refractivity contribution is 7.80. The van der Waals surface area contributed by atoms with E-state index in [0.717, 1.165) is 5.56 Å². The van der Waals surface area contributed by atoms with Gasteiger partial charge >= 0.3 is 0 Å². The largest absolute Gasteiger partial charge is 0.493 e. The van der Waals surface area contributed by atoms with Crippen LogP contribution in [0.15, 0.2) is 17.8 Å². The molecular formula is C15H18N2O4S. The summed E-state index contributed by atoms with van der Waals surface area (Å²) in [7, 11) is 4.63. The van der Waals surface area contributed by atoms with Crippen LogP contribution in [0, 0.1) is 0 Å². The summed E-state index contributed by atoms with van der Waals surface area (Å²) in [5.74, 6) is 1.40. The zero-order valence-electron chi connectivity index (χ0n) is 12.9. The molecule has 0 atom stereocenters. The zero-order chi connectivity index (χ0) is 16.3. The number of ether oxygens (including phenoxy) is 3. The summed E-state index contributed by atoms with van der Waals surface area (Å²) < 4.78 is 15.9. The molecule has 2 rings (SSSR count). The van der Waals surface area contributed by atoms with Gasteiger partial charge in [0.25, 0.3) is 5.91 Å². The first-order valence-corrected chi connectivity index (χ1v) is 7.11. The van der Waals surface area contributed by atoms with E-state index in [9.17, 15) is 4.79 Å². The number of carbonyl (C=O) groups is 1. The smallest absolute Gasteiger partial charge is 0.276 e. The number of methoxy groups -OCH3 is 3. The molecule has 1 heterocycles. The van der Waals surface area contributed by atoms with Crippen LogP contribution in [-0.4, -0.2) is 43.8 Å². The summed E-state index contributed by atoms with van der Waals surface area (Å²) in [5, 5.41) is 3.32. The van der Waals surface area contributed by atoms with Crippen LogP contribution in [-0.2, 0) is 4.79 Å². The van der Waals surface area contributed by atoms with E-state index in [1.807, 2.05) is 6.92 Å². The molecule has 1 aliphatic rings. The van der Waals surface area contributed by atoms with Crippen molar-refractivity contribution in [2.75, 3.05) is 27.9 Å². The molecule has 7 heteroatoms. The molecule has 1 aromatic rings. The average molecular weight is 322 g/mol. The van der Waals surface area contributed by atoms with Gasteiger partial charge in [-0.05, 0) is 42.9 Å². The van der Waals surface area contributed by atoms with E-state index in [-0.39, 0.29) is 5.91 Å². The maximum absolute atomic E-state index is 12.2. The van der Waals surface area contributed by atoms with E-state index < -0.39 is 0 Å². The second kappa shape index (κ2) is 6.65. The van der Waals surface area contributed by atoms with Crippen molar-refractivity contribution < 1.29 is 19.0 Å². The number of hydrogen-bond acceptors (Lipinski definition) is 5. The molecule has 1 fully saturated rings. The predicted molar refractivity (Wildman–Crippen MR) is 87.2 cm³/mol. The third-order valence-electron chi connectivity index (χ3n) is 3.28. The first kappa shape index (κ1) is 16.1. The highest BCUT2D eigenvalue weighted by Crippen LogP contribution is 2.38. The fourth-order valence-electron chi connectivity index (χ4n) is 2.21. The van der Waals surface area contributed by atoms with Gasteiger partial charge in [0, 0.05) is 6.54 Å². The van der Waals surface area contributed by atoms with E-state index in [1.54, 1.807) is 32.4 Å². The summed E-state index contributed by atoms with van der Waals surface area (Å²) in [6, 6.07) is 3.53. The van der Waals surface area contributed by atoms with Gasteiger partial charge in [-0.3, -0.25) is 9.69 Å². The van der Waals surface area contributed by atoms with Crippen LogP contribution in [0.4, 0.5) is 0 Å². The van der Waals surface area contributed by atoms with Crippen molar-refractivity contribution in [3.05, 3.63) is 23.4 Å². The van der Waals surface area contributed by atoms with Gasteiger partial charge in [0.15, 0.2) is 16.6 Å². The average Bonchev–Trinajstić information content (AvgIpc) is 2.79. The fraction of sp³-hybridized carbons (Fsp3) is 0.333. The second-order valence-corrected chi connectivity index (χ2v) is 4.88. The molecule has 0 bridgehead atoms. The van der Waals surface area contributed by atoms with E-state index in [2.05, 4.69) is 5.32 Å². The van der Waals surface area contributed by atoms with Crippen LogP contribution >= 0.6 is 12.2 Å². The molecule has 0 spiro atoms. The standard InChI is InChI=1S/C15H18N2O4S/c1-5-17-14(18)10(16-15(17)22)6-9-7-11(19-2)13(21-4)12(8-9)20-3/h6-8H,5H2,1-4H3,(H,16,22)/b10-6+. The van der Waals surface area contributed by atoms with Crippen molar-refractivity contribution in [2.24, 2.45) is 0 Å². The van der Waals surface area contributed by atoms with Gasteiger partial charge in [-0.2, -0.15) is 0 Å². The van der Waals surface area contributed by atoms with Crippen LogP contribution in [0.1, 0.15) is 12.5 Å². The molecule has 0 saturated carbocycles. The highest BCUT2D eigenvalue weighted by atomic mass is 32.1. The summed E-state index contributed by atoms with van der Waals surface area (Å²) in [5.41, 5.74) is 1.16. The SMILES string of the molecule is CCN1C(=O)/C(=C\c2cc(OC)c(OC)c(OC)c2)NC1=S. The number of amides is 1. The Balaban J connectivity index is 2.44. The summed E-state index contributed by atoms with van der Waals surface area (Å²) >= 11 is 5.13. The summed E-state index contributed by atoms with van der Waals surface area (Å²) in [6.45, 7) is 2.39. The van der Waals surface area contributed by atoms with Gasteiger partial charge in [-0.1, -0.05) is 0 Å². The molecule has 118 valence electrons. The minimum Gasteiger partial charge on any atom is -0.493 e. The van der Waals surface area contributed by atoms with Crippen molar-refractivity contribution in [1.29, 1.82) is 0 Å². The number of hydrogen-bond donors (Lipinski definition) is 1. The molecule has 1 saturated heterocycles. The van der Waals surface area contributed by atoms with Crippen LogP contribution < -0.4 is 19.5 Å². The van der Waals surface area contributed by atoms with Gasteiger partial charge in [0.1, 0.15) is 5.70 Å². The van der Waals surface area contributed by atoms with Crippen molar-refractivity contribution in [1.82, 2.24) is 10.2 Å². The van der Waals surface area contributed by atoms with Gasteiger partial charge in [0.2, 0.25) is 5.75 Å². The lowest BCUT2D eigenvalue weighted by Gasteiger charge is -2.13. The molecule has 1 amide bonds. The summed E-state index contributed by atoms with van der Waals surface area (Å²) in [4.78, 5) is 13.7. The Morgan fingerprint density at radius 3 is 2.18 bits per heavy atom. The lowest BCUT2D eigenvalue weighted by atomic mass is 10.1. The molecule has 1 N–H and O–H groups in total. The first-order chi connectivity index (χ1) is 10.5. The second-order valence-electron chi connectivity index (χ2n) is 4.50. The van der Waals surface area contributed by atoms with E-state index >= 15 is 0 Å². The van der Waals surface area contributed by atoms with Crippen LogP contribution in [0.3, 0.4) is 0 Å². The Morgan fingerprint density at radius 2 is 1.77 bits per heavy atom. The van der Waals surface area contributed by atoms with Crippen LogP contribution in [0.2, 0.25) is 0 Å². The topological polar surface area (TPSA) is 60.0 Å². The van der Waals surface area contributed by atoms with E-state index in [0.29, 0.717) is 34.6 Å². The Morgan fingerprint density at radius 1 is 1.18 bits per heavy atom. The van der Waals surface area contributed by atoms with Crippen molar-refractivity contribution in [3.63, 3.8) is 0 Å². The molecule has 0 radical (unpaired) electrons. The van der Waals surface area contributed by atoms with Crippen molar-refractivity contribution in [2.45, 2.75) is 6.92 Å². The molecule has 1 aromatic carbocycles. The summed E-state index contributed by atoms with van der Waals surface area (Å²) in [6.07, 6.45) is 1.70. The molecule has 0 unspecified atom stereocenters. The van der Waals surface area contributed by atoms with Gasteiger partial charge in [-0.15, -0.1) is 0 Å². The van der Waals surface area contributed by atoms with Gasteiger partial charge < -0.3 is 19.5 Å². The fourth-order valence-corrected chi connectivity index (χ4v) is 2.53. The minimum atomic E-state index is -0.152. The van der Waals surface area contributed by atoms with E-state index in [1.165, 1.54) is 12.0 Å². The Kier molecular flexibility index (Phi) is 4.87.